The fraction of sp³-hybridized carbons (Fsp3) is 0.211. The minimum atomic E-state index is -0.763. The predicted octanol–water partition coefficient (Wildman–Crippen LogP) is 9.15. The number of aromatic nitrogens is 6. The van der Waals surface area contributed by atoms with Crippen LogP contribution in [0.3, 0.4) is 0 Å². The fourth-order valence-corrected chi connectivity index (χ4v) is 11.5. The van der Waals surface area contributed by atoms with Crippen LogP contribution in [-0.4, -0.2) is 44.2 Å². The number of methoxy groups -OCH3 is 2. The Morgan fingerprint density at radius 2 is 1.12 bits per heavy atom. The van der Waals surface area contributed by atoms with Gasteiger partial charge in [-0.3, -0.25) is 0 Å². The standard InChI is InChI=1S/C38H36N6O2S4/c1-27-12-14-28(15-13-27)24-37(29-16-20-31(45-2)21-17-29,48-25-43-35-10-6-4-8-33(35)39-41-43)50-38(47,30-18-22-32(46-3)23-19-30)49-26-44-36-11-7-5-9-34(36)40-42-44/h4-23,47H,24-26H2,1-3H3. The van der Waals surface area contributed by atoms with Crippen LogP contribution in [0.5, 0.6) is 11.5 Å². The molecule has 0 spiro atoms. The van der Waals surface area contributed by atoms with Gasteiger partial charge in [-0.05, 0) is 72.1 Å². The van der Waals surface area contributed by atoms with Crippen LogP contribution in [0, 0.1) is 6.92 Å². The summed E-state index contributed by atoms with van der Waals surface area (Å²) in [4.78, 5) is 0. The number of fused-ring (bicyclic) bond motifs is 2. The van der Waals surface area contributed by atoms with E-state index in [0.717, 1.165) is 44.7 Å². The first-order valence-corrected chi connectivity index (χ1v) is 19.2. The third-order valence-electron chi connectivity index (χ3n) is 8.49. The molecule has 8 nitrogen and oxygen atoms in total. The molecule has 0 fully saturated rings. The van der Waals surface area contributed by atoms with Crippen LogP contribution in [-0.2, 0) is 25.7 Å². The number of ether oxygens (including phenoxy) is 2. The molecule has 0 amide bonds. The summed E-state index contributed by atoms with van der Waals surface area (Å²) in [6.45, 7) is 2.12. The van der Waals surface area contributed by atoms with E-state index in [-0.39, 0.29) is 0 Å². The lowest BCUT2D eigenvalue weighted by molar-refractivity contribution is 0.414. The normalized spacial score (nSPS) is 14.0. The maximum Gasteiger partial charge on any atom is 0.133 e. The lowest BCUT2D eigenvalue weighted by Gasteiger charge is -2.41. The molecule has 50 heavy (non-hydrogen) atoms. The molecule has 0 saturated heterocycles. The van der Waals surface area contributed by atoms with Crippen molar-refractivity contribution in [1.82, 2.24) is 30.0 Å². The van der Waals surface area contributed by atoms with Crippen LogP contribution in [0.25, 0.3) is 22.1 Å². The number of para-hydroxylation sites is 2. The maximum absolute atomic E-state index is 5.62. The second kappa shape index (κ2) is 15.0. The monoisotopic (exact) mass is 736 g/mol. The van der Waals surface area contributed by atoms with Gasteiger partial charge in [-0.1, -0.05) is 88.8 Å². The molecular formula is C38H36N6O2S4. The highest BCUT2D eigenvalue weighted by molar-refractivity contribution is 8.32. The first-order chi connectivity index (χ1) is 24.4. The van der Waals surface area contributed by atoms with Gasteiger partial charge in [0.05, 0.1) is 41.1 Å². The quantitative estimate of drug-likeness (QED) is 0.0869. The van der Waals surface area contributed by atoms with Crippen molar-refractivity contribution in [2.24, 2.45) is 0 Å². The fourth-order valence-electron chi connectivity index (χ4n) is 5.72. The van der Waals surface area contributed by atoms with Crippen molar-refractivity contribution in [3.8, 4) is 11.5 Å². The lowest BCUT2D eigenvalue weighted by atomic mass is 10.0. The number of thioether (sulfide) groups is 3. The van der Waals surface area contributed by atoms with E-state index >= 15 is 0 Å². The van der Waals surface area contributed by atoms with Crippen LogP contribution in [0.4, 0.5) is 0 Å². The summed E-state index contributed by atoms with van der Waals surface area (Å²) < 4.78 is 13.8. The van der Waals surface area contributed by atoms with E-state index in [1.54, 1.807) is 26.0 Å². The average molecular weight is 737 g/mol. The summed E-state index contributed by atoms with van der Waals surface area (Å²) in [6.07, 6.45) is 0.715. The zero-order chi connectivity index (χ0) is 34.6. The zero-order valence-corrected chi connectivity index (χ0v) is 31.2. The van der Waals surface area contributed by atoms with E-state index < -0.39 is 7.49 Å². The summed E-state index contributed by atoms with van der Waals surface area (Å²) in [7, 11) is 3.38. The number of aryl methyl sites for hydroxylation is 1. The lowest BCUT2D eigenvalue weighted by Crippen LogP contribution is -2.28. The number of nitrogens with zero attached hydrogens (tertiary/aromatic N) is 6. The van der Waals surface area contributed by atoms with Crippen molar-refractivity contribution in [3.05, 3.63) is 144 Å². The summed E-state index contributed by atoms with van der Waals surface area (Å²) in [5, 5.41) is 18.0. The minimum Gasteiger partial charge on any atom is -0.497 e. The Bertz CT molecular complexity index is 2190. The van der Waals surface area contributed by atoms with E-state index in [0.29, 0.717) is 18.2 Å². The SMILES string of the molecule is COc1ccc(C(S)(SCn2nnc3ccccc32)SC(Cc2ccc(C)cc2)(SCn2nnc3ccccc32)c2ccc(OC)cc2)cc1. The van der Waals surface area contributed by atoms with Gasteiger partial charge in [0.1, 0.15) is 25.9 Å². The number of benzene rings is 5. The third kappa shape index (κ3) is 7.34. The highest BCUT2D eigenvalue weighted by Crippen LogP contribution is 2.63. The van der Waals surface area contributed by atoms with E-state index in [1.165, 1.54) is 11.1 Å². The van der Waals surface area contributed by atoms with Gasteiger partial charge in [-0.15, -0.1) is 58.1 Å². The molecule has 2 unspecified atom stereocenters. The van der Waals surface area contributed by atoms with Crippen LogP contribution >= 0.6 is 47.9 Å². The molecule has 0 aliphatic rings. The molecule has 0 aliphatic carbocycles. The largest absolute Gasteiger partial charge is 0.497 e. The topological polar surface area (TPSA) is 79.9 Å². The van der Waals surface area contributed by atoms with Gasteiger partial charge in [0.25, 0.3) is 0 Å². The van der Waals surface area contributed by atoms with Crippen molar-refractivity contribution in [2.75, 3.05) is 14.2 Å². The first kappa shape index (κ1) is 34.4. The van der Waals surface area contributed by atoms with Gasteiger partial charge in [-0.25, -0.2) is 9.36 Å². The molecule has 0 bridgehead atoms. The smallest absolute Gasteiger partial charge is 0.133 e. The van der Waals surface area contributed by atoms with Gasteiger partial charge in [-0.2, -0.15) is 0 Å². The van der Waals surface area contributed by atoms with Gasteiger partial charge in [0.2, 0.25) is 0 Å². The number of rotatable bonds is 14. The second-order valence-electron chi connectivity index (χ2n) is 11.8. The summed E-state index contributed by atoms with van der Waals surface area (Å²) >= 11 is 11.0. The summed E-state index contributed by atoms with van der Waals surface area (Å²) in [5.41, 5.74) is 8.30. The van der Waals surface area contributed by atoms with Crippen LogP contribution < -0.4 is 9.47 Å². The van der Waals surface area contributed by atoms with E-state index in [9.17, 15) is 0 Å². The Morgan fingerprint density at radius 3 is 1.66 bits per heavy atom. The maximum atomic E-state index is 5.62. The Kier molecular flexibility index (Phi) is 10.3. The number of hydrogen-bond acceptors (Lipinski definition) is 10. The van der Waals surface area contributed by atoms with Crippen LogP contribution in [0.1, 0.15) is 22.3 Å². The third-order valence-corrected chi connectivity index (χ3v) is 14.1. The summed E-state index contributed by atoms with van der Waals surface area (Å²) in [6, 6.07) is 41.5. The van der Waals surface area contributed by atoms with Crippen molar-refractivity contribution in [3.63, 3.8) is 0 Å². The Morgan fingerprint density at radius 1 is 0.620 bits per heavy atom. The van der Waals surface area contributed by atoms with Gasteiger partial charge < -0.3 is 9.47 Å². The average Bonchev–Trinajstić information content (AvgIpc) is 3.78. The molecule has 254 valence electrons. The molecule has 7 rings (SSSR count). The summed E-state index contributed by atoms with van der Waals surface area (Å²) in [5.74, 6) is 2.69. The Hall–Kier alpha value is -4.10. The van der Waals surface area contributed by atoms with E-state index in [4.69, 9.17) is 22.1 Å². The van der Waals surface area contributed by atoms with Crippen LogP contribution in [0.15, 0.2) is 121 Å². The van der Waals surface area contributed by atoms with E-state index in [1.807, 2.05) is 99.6 Å². The predicted molar refractivity (Wildman–Crippen MR) is 211 cm³/mol. The Labute approximate surface area is 309 Å². The molecule has 0 N–H and O–H groups in total. The molecule has 7 aromatic rings. The van der Waals surface area contributed by atoms with E-state index in [2.05, 4.69) is 82.1 Å². The van der Waals surface area contributed by atoms with Crippen molar-refractivity contribution >= 4 is 70.0 Å². The molecule has 0 saturated carbocycles. The molecule has 0 radical (unpaired) electrons. The molecule has 12 heteroatoms. The molecule has 5 aromatic carbocycles. The Balaban J connectivity index is 1.35. The molecule has 2 atom stereocenters. The van der Waals surface area contributed by atoms with Crippen molar-refractivity contribution < 1.29 is 9.47 Å². The number of thiol groups is 1. The molecule has 2 aromatic heterocycles. The zero-order valence-electron chi connectivity index (χ0n) is 27.8. The van der Waals surface area contributed by atoms with Gasteiger partial charge in [0, 0.05) is 6.42 Å². The van der Waals surface area contributed by atoms with Gasteiger partial charge in [0.15, 0.2) is 0 Å². The molecule has 0 aliphatic heterocycles. The van der Waals surface area contributed by atoms with Crippen molar-refractivity contribution in [2.45, 2.75) is 32.6 Å². The van der Waals surface area contributed by atoms with Crippen LogP contribution in [0.2, 0.25) is 0 Å². The molecular weight excluding hydrogens is 701 g/mol. The van der Waals surface area contributed by atoms with Crippen molar-refractivity contribution in [1.29, 1.82) is 0 Å². The second-order valence-corrected chi connectivity index (χ2v) is 17.5. The number of hydrogen-bond donors (Lipinski definition) is 1. The first-order valence-electron chi connectivity index (χ1n) is 16.0. The molecule has 2 heterocycles. The highest BCUT2D eigenvalue weighted by atomic mass is 32.3. The highest BCUT2D eigenvalue weighted by Gasteiger charge is 2.44. The minimum absolute atomic E-state index is 0.532. The van der Waals surface area contributed by atoms with Gasteiger partial charge >= 0.3 is 0 Å².